The van der Waals surface area contributed by atoms with Crippen LogP contribution >= 0.6 is 0 Å². The van der Waals surface area contributed by atoms with Crippen LogP contribution in [0.3, 0.4) is 0 Å². The number of fused-ring (bicyclic) bond motifs is 1. The Balaban J connectivity index is 2.24. The minimum absolute atomic E-state index is 0.0639. The number of phenols is 1. The zero-order valence-corrected chi connectivity index (χ0v) is 14.4. The van der Waals surface area contributed by atoms with E-state index in [-0.39, 0.29) is 5.75 Å². The summed E-state index contributed by atoms with van der Waals surface area (Å²) in [5.74, 6) is 1.62. The zero-order valence-electron chi connectivity index (χ0n) is 14.4. The van der Waals surface area contributed by atoms with Crippen LogP contribution in [-0.4, -0.2) is 24.4 Å². The Bertz CT molecular complexity index is 939. The number of benzene rings is 2. The molecule has 0 radical (unpaired) electrons. The van der Waals surface area contributed by atoms with Crippen molar-refractivity contribution >= 4 is 11.0 Å². The topological polar surface area (TPSA) is 72.1 Å². The lowest BCUT2D eigenvalue weighted by Gasteiger charge is -2.08. The SMILES string of the molecule is C=CC(O)c1cc(OC)c2oc(-c3ccc(O)c(OC)c3)c(C)c2c1. The quantitative estimate of drug-likeness (QED) is 0.676. The molecule has 3 aromatic rings. The van der Waals surface area contributed by atoms with Crippen LogP contribution < -0.4 is 9.47 Å². The van der Waals surface area contributed by atoms with Crippen molar-refractivity contribution in [1.29, 1.82) is 0 Å². The second-order valence-electron chi connectivity index (χ2n) is 5.72. The number of rotatable bonds is 5. The van der Waals surface area contributed by atoms with Crippen LogP contribution in [0.25, 0.3) is 22.3 Å². The van der Waals surface area contributed by atoms with Gasteiger partial charge in [0.25, 0.3) is 0 Å². The highest BCUT2D eigenvalue weighted by atomic mass is 16.5. The molecule has 2 N–H and O–H groups in total. The molecule has 1 unspecified atom stereocenters. The van der Waals surface area contributed by atoms with E-state index in [9.17, 15) is 10.2 Å². The van der Waals surface area contributed by atoms with E-state index in [1.807, 2.05) is 13.0 Å². The molecule has 0 saturated carbocycles. The molecule has 0 aliphatic heterocycles. The Labute approximate surface area is 145 Å². The Hall–Kier alpha value is -2.92. The number of ether oxygens (including phenoxy) is 2. The monoisotopic (exact) mass is 340 g/mol. The summed E-state index contributed by atoms with van der Waals surface area (Å²) in [7, 11) is 3.05. The molecule has 0 spiro atoms. The van der Waals surface area contributed by atoms with E-state index >= 15 is 0 Å². The molecule has 0 aliphatic rings. The molecule has 2 aromatic carbocycles. The van der Waals surface area contributed by atoms with Gasteiger partial charge in [-0.2, -0.15) is 0 Å². The largest absolute Gasteiger partial charge is 0.504 e. The van der Waals surface area contributed by atoms with Gasteiger partial charge in [0, 0.05) is 16.5 Å². The fraction of sp³-hybridized carbons (Fsp3) is 0.200. The molecule has 0 fully saturated rings. The van der Waals surface area contributed by atoms with Gasteiger partial charge >= 0.3 is 0 Å². The summed E-state index contributed by atoms with van der Waals surface area (Å²) >= 11 is 0. The Kier molecular flexibility index (Phi) is 4.42. The first kappa shape index (κ1) is 16.9. The third-order valence-electron chi connectivity index (χ3n) is 4.25. The maximum absolute atomic E-state index is 10.1. The van der Waals surface area contributed by atoms with Crippen LogP contribution in [-0.2, 0) is 0 Å². The number of aromatic hydroxyl groups is 1. The van der Waals surface area contributed by atoms with E-state index in [0.717, 1.165) is 16.5 Å². The van der Waals surface area contributed by atoms with E-state index in [0.29, 0.717) is 28.4 Å². The summed E-state index contributed by atoms with van der Waals surface area (Å²) in [5, 5.41) is 20.7. The van der Waals surface area contributed by atoms with Gasteiger partial charge in [-0.1, -0.05) is 6.08 Å². The summed E-state index contributed by atoms with van der Waals surface area (Å²) in [6.07, 6.45) is 0.673. The summed E-state index contributed by atoms with van der Waals surface area (Å²) < 4.78 is 16.6. The van der Waals surface area contributed by atoms with Crippen molar-refractivity contribution in [3.05, 3.63) is 54.1 Å². The Morgan fingerprint density at radius 3 is 2.48 bits per heavy atom. The second-order valence-corrected chi connectivity index (χ2v) is 5.72. The Morgan fingerprint density at radius 2 is 1.84 bits per heavy atom. The fourth-order valence-electron chi connectivity index (χ4n) is 2.86. The second kappa shape index (κ2) is 6.53. The van der Waals surface area contributed by atoms with Crippen LogP contribution in [0.15, 0.2) is 47.4 Å². The molecular formula is C20H20O5. The molecule has 1 atom stereocenters. The lowest BCUT2D eigenvalue weighted by atomic mass is 10.0. The molecule has 5 heteroatoms. The van der Waals surface area contributed by atoms with Gasteiger partial charge in [-0.15, -0.1) is 6.58 Å². The molecule has 5 nitrogen and oxygen atoms in total. The van der Waals surface area contributed by atoms with Crippen LogP contribution in [0.4, 0.5) is 0 Å². The van der Waals surface area contributed by atoms with E-state index in [1.54, 1.807) is 31.4 Å². The average Bonchev–Trinajstić information content (AvgIpc) is 2.97. The first-order valence-electron chi connectivity index (χ1n) is 7.79. The predicted octanol–water partition coefficient (Wildman–Crippen LogP) is 4.35. The lowest BCUT2D eigenvalue weighted by molar-refractivity contribution is 0.228. The molecule has 3 rings (SSSR count). The first-order chi connectivity index (χ1) is 12.0. The molecule has 130 valence electrons. The number of aliphatic hydroxyl groups is 1. The van der Waals surface area contributed by atoms with Gasteiger partial charge in [0.2, 0.25) is 0 Å². The molecular weight excluding hydrogens is 320 g/mol. The zero-order chi connectivity index (χ0) is 18.1. The van der Waals surface area contributed by atoms with Crippen LogP contribution in [0.1, 0.15) is 17.2 Å². The number of phenolic OH excluding ortho intramolecular Hbond substituents is 1. The third-order valence-corrected chi connectivity index (χ3v) is 4.25. The van der Waals surface area contributed by atoms with Crippen molar-refractivity contribution in [1.82, 2.24) is 0 Å². The van der Waals surface area contributed by atoms with Gasteiger partial charge in [0.1, 0.15) is 5.76 Å². The average molecular weight is 340 g/mol. The van der Waals surface area contributed by atoms with Crippen LogP contribution in [0, 0.1) is 6.92 Å². The van der Waals surface area contributed by atoms with Gasteiger partial charge in [-0.05, 0) is 42.8 Å². The molecule has 25 heavy (non-hydrogen) atoms. The molecule has 1 heterocycles. The van der Waals surface area contributed by atoms with E-state index in [4.69, 9.17) is 13.9 Å². The van der Waals surface area contributed by atoms with E-state index in [2.05, 4.69) is 6.58 Å². The first-order valence-corrected chi connectivity index (χ1v) is 7.79. The van der Waals surface area contributed by atoms with Crippen molar-refractivity contribution in [2.24, 2.45) is 0 Å². The molecule has 0 amide bonds. The number of aliphatic hydroxyl groups excluding tert-OH is 1. The van der Waals surface area contributed by atoms with Gasteiger partial charge in [0.15, 0.2) is 22.8 Å². The van der Waals surface area contributed by atoms with E-state index in [1.165, 1.54) is 13.2 Å². The number of hydrogen-bond donors (Lipinski definition) is 2. The van der Waals surface area contributed by atoms with Crippen molar-refractivity contribution in [2.45, 2.75) is 13.0 Å². The molecule has 0 saturated heterocycles. The van der Waals surface area contributed by atoms with Gasteiger partial charge in [-0.25, -0.2) is 0 Å². The number of hydrogen-bond acceptors (Lipinski definition) is 5. The standard InChI is InChI=1S/C20H20O5/c1-5-15(21)13-8-14-11(2)19(25-20(14)18(10-13)24-4)12-6-7-16(22)17(9-12)23-3/h5-10,15,21-22H,1H2,2-4H3. The highest BCUT2D eigenvalue weighted by molar-refractivity contribution is 5.92. The van der Waals surface area contributed by atoms with Gasteiger partial charge in [0.05, 0.1) is 20.3 Å². The minimum Gasteiger partial charge on any atom is -0.504 e. The minimum atomic E-state index is -0.787. The summed E-state index contributed by atoms with van der Waals surface area (Å²) in [4.78, 5) is 0. The number of furan rings is 1. The van der Waals surface area contributed by atoms with Crippen molar-refractivity contribution in [2.75, 3.05) is 14.2 Å². The molecule has 1 aromatic heterocycles. The van der Waals surface area contributed by atoms with Crippen LogP contribution in [0.2, 0.25) is 0 Å². The molecule has 0 aliphatic carbocycles. The fourth-order valence-corrected chi connectivity index (χ4v) is 2.86. The summed E-state index contributed by atoms with van der Waals surface area (Å²) in [6.45, 7) is 5.56. The highest BCUT2D eigenvalue weighted by Gasteiger charge is 2.19. The summed E-state index contributed by atoms with van der Waals surface area (Å²) in [5.41, 5.74) is 2.95. The van der Waals surface area contributed by atoms with Crippen LogP contribution in [0.5, 0.6) is 17.2 Å². The third kappa shape index (κ3) is 2.83. The normalized spacial score (nSPS) is 12.2. The van der Waals surface area contributed by atoms with Gasteiger partial charge in [-0.3, -0.25) is 0 Å². The van der Waals surface area contributed by atoms with E-state index < -0.39 is 6.10 Å². The van der Waals surface area contributed by atoms with Crippen molar-refractivity contribution < 1.29 is 24.1 Å². The Morgan fingerprint density at radius 1 is 1.12 bits per heavy atom. The lowest BCUT2D eigenvalue weighted by Crippen LogP contribution is -1.94. The highest BCUT2D eigenvalue weighted by Crippen LogP contribution is 2.41. The van der Waals surface area contributed by atoms with Crippen molar-refractivity contribution in [3.8, 4) is 28.6 Å². The maximum Gasteiger partial charge on any atom is 0.176 e. The smallest absolute Gasteiger partial charge is 0.176 e. The predicted molar refractivity (Wildman–Crippen MR) is 96.3 cm³/mol. The summed E-state index contributed by atoms with van der Waals surface area (Å²) in [6, 6.07) is 8.63. The number of methoxy groups -OCH3 is 2. The molecule has 0 bridgehead atoms. The maximum atomic E-state index is 10.1. The van der Waals surface area contributed by atoms with Gasteiger partial charge < -0.3 is 24.1 Å². The number of aryl methyl sites for hydroxylation is 1. The van der Waals surface area contributed by atoms with Crippen molar-refractivity contribution in [3.63, 3.8) is 0 Å².